The van der Waals surface area contributed by atoms with Crippen LogP contribution in [0.1, 0.15) is 33.1 Å². The second kappa shape index (κ2) is 12.5. The van der Waals surface area contributed by atoms with Crippen LogP contribution in [-0.2, 0) is 30.3 Å². The van der Waals surface area contributed by atoms with Crippen molar-refractivity contribution in [2.24, 2.45) is 5.73 Å². The van der Waals surface area contributed by atoms with Crippen LogP contribution in [-0.4, -0.2) is 82.0 Å². The number of hydrogen-bond donors (Lipinski definition) is 3. The minimum absolute atomic E-state index is 0.0551. The zero-order chi connectivity index (χ0) is 26.2. The van der Waals surface area contributed by atoms with E-state index in [4.69, 9.17) is 10.5 Å². The van der Waals surface area contributed by atoms with Crippen molar-refractivity contribution < 1.29 is 33.8 Å². The molecule has 194 valence electrons. The van der Waals surface area contributed by atoms with Crippen LogP contribution in [0, 0.1) is 6.92 Å². The maximum Gasteiger partial charge on any atom is 0.265 e. The topological polar surface area (TPSA) is 197 Å². The predicted octanol–water partition coefficient (Wildman–Crippen LogP) is -2.02. The molecular weight excluding hydrogens is 512 g/mol. The molecule has 0 bridgehead atoms. The Labute approximate surface area is 214 Å². The predicted molar refractivity (Wildman–Crippen MR) is 126 cm³/mol. The van der Waals surface area contributed by atoms with Crippen molar-refractivity contribution in [1.29, 1.82) is 0 Å². The fourth-order valence-electron chi connectivity index (χ4n) is 3.76. The van der Waals surface area contributed by atoms with Crippen molar-refractivity contribution in [2.45, 2.75) is 44.3 Å². The number of likely N-dealkylation sites (tertiary alicyclic amines) is 1. The number of piperidine rings is 1. The number of nitrogens with zero attached hydrogens (tertiary/aromatic N) is 3. The highest BCUT2D eigenvalue weighted by Crippen LogP contribution is 2.21. The zero-order valence-corrected chi connectivity index (χ0v) is 20.9. The second-order valence-electron chi connectivity index (χ2n) is 8.10. The van der Waals surface area contributed by atoms with Crippen LogP contribution < -0.4 is 21.5 Å². The van der Waals surface area contributed by atoms with Gasteiger partial charge in [-0.25, -0.2) is 0 Å². The number of ether oxygens (including phenoxy) is 1. The van der Waals surface area contributed by atoms with E-state index in [1.807, 2.05) is 11.4 Å². The van der Waals surface area contributed by atoms with Crippen LogP contribution >= 0.6 is 22.9 Å². The van der Waals surface area contributed by atoms with Crippen molar-refractivity contribution in [3.8, 4) is 0 Å². The molecule has 0 radical (unpaired) electrons. The molecular formula is C21H25N6O7S2-. The molecule has 0 unspecified atom stereocenters. The summed E-state index contributed by atoms with van der Waals surface area (Å²) in [5, 5.41) is 21.7. The summed E-state index contributed by atoms with van der Waals surface area (Å²) in [5.74, 6) is -3.85. The van der Waals surface area contributed by atoms with Crippen molar-refractivity contribution in [3.63, 3.8) is 0 Å². The normalized spacial score (nSPS) is 18.3. The number of carbonyl (C=O) groups excluding carboxylic acids is 5. The molecule has 13 nitrogen and oxygen atoms in total. The lowest BCUT2D eigenvalue weighted by molar-refractivity contribution is -0.309. The Bertz CT molecular complexity index is 1110. The molecule has 2 aromatic heterocycles. The van der Waals surface area contributed by atoms with Gasteiger partial charge in [0.25, 0.3) is 5.91 Å². The molecule has 3 rings (SSSR count). The number of hydrogen-bond acceptors (Lipinski definition) is 11. The van der Waals surface area contributed by atoms with E-state index in [0.29, 0.717) is 17.0 Å². The molecule has 1 saturated heterocycles. The van der Waals surface area contributed by atoms with Gasteiger partial charge in [0, 0.05) is 23.9 Å². The lowest BCUT2D eigenvalue weighted by Crippen LogP contribution is -2.60. The van der Waals surface area contributed by atoms with E-state index in [1.165, 1.54) is 16.2 Å². The molecule has 1 aliphatic heterocycles. The first kappa shape index (κ1) is 27.2. The van der Waals surface area contributed by atoms with Crippen LogP contribution in [0.2, 0.25) is 0 Å². The van der Waals surface area contributed by atoms with Gasteiger partial charge in [-0.15, -0.1) is 16.4 Å². The summed E-state index contributed by atoms with van der Waals surface area (Å²) in [4.78, 5) is 63.7. The number of thiophene rings is 1. The summed E-state index contributed by atoms with van der Waals surface area (Å²) >= 11 is 2.35. The zero-order valence-electron chi connectivity index (χ0n) is 19.3. The third kappa shape index (κ3) is 7.29. The number of carboxylic acid groups (broad SMARTS) is 1. The van der Waals surface area contributed by atoms with E-state index in [1.54, 1.807) is 13.0 Å². The van der Waals surface area contributed by atoms with E-state index < -0.39 is 60.9 Å². The summed E-state index contributed by atoms with van der Waals surface area (Å²) in [6.45, 7) is 0.389. The Morgan fingerprint density at radius 2 is 2.08 bits per heavy atom. The van der Waals surface area contributed by atoms with E-state index in [0.717, 1.165) is 16.4 Å². The summed E-state index contributed by atoms with van der Waals surface area (Å²) in [7, 11) is 0. The average Bonchev–Trinajstić information content (AvgIpc) is 3.49. The molecule has 1 fully saturated rings. The van der Waals surface area contributed by atoms with Gasteiger partial charge in [0.2, 0.25) is 17.7 Å². The van der Waals surface area contributed by atoms with Gasteiger partial charge in [-0.05, 0) is 42.7 Å². The number of aromatic nitrogens is 2. The molecule has 0 spiro atoms. The number of rotatable bonds is 11. The summed E-state index contributed by atoms with van der Waals surface area (Å²) in [5.41, 5.74) is 5.98. The molecule has 1 aliphatic rings. The SMILES string of the molecule is Cc1nnsc1C(=O)N[C@H]1CCN(C(=O)COCC(=O)[O-])[C@H](C(=O)N[C@@H](Cc2cccs2)C(N)=O)C1. The third-order valence-electron chi connectivity index (χ3n) is 5.51. The average molecular weight is 538 g/mol. The van der Waals surface area contributed by atoms with Gasteiger partial charge in [-0.2, -0.15) is 0 Å². The highest BCUT2D eigenvalue weighted by atomic mass is 32.1. The van der Waals surface area contributed by atoms with Crippen LogP contribution in [0.5, 0.6) is 0 Å². The molecule has 3 atom stereocenters. The Morgan fingerprint density at radius 3 is 2.69 bits per heavy atom. The van der Waals surface area contributed by atoms with Gasteiger partial charge in [-0.1, -0.05) is 10.6 Å². The van der Waals surface area contributed by atoms with Crippen molar-refractivity contribution >= 4 is 52.5 Å². The molecule has 36 heavy (non-hydrogen) atoms. The van der Waals surface area contributed by atoms with Crippen LogP contribution in [0.15, 0.2) is 17.5 Å². The summed E-state index contributed by atoms with van der Waals surface area (Å²) < 4.78 is 8.59. The molecule has 2 aromatic rings. The van der Waals surface area contributed by atoms with E-state index >= 15 is 0 Å². The van der Waals surface area contributed by atoms with Gasteiger partial charge in [0.05, 0.1) is 18.3 Å². The van der Waals surface area contributed by atoms with Gasteiger partial charge < -0.3 is 35.9 Å². The highest BCUT2D eigenvalue weighted by molar-refractivity contribution is 7.09. The fourth-order valence-corrected chi connectivity index (χ4v) is 5.07. The first-order valence-electron chi connectivity index (χ1n) is 10.9. The molecule has 4 N–H and O–H groups in total. The minimum atomic E-state index is -1.48. The number of aryl methyl sites for hydroxylation is 1. The van der Waals surface area contributed by atoms with Crippen molar-refractivity contribution in [1.82, 2.24) is 25.1 Å². The molecule has 4 amide bonds. The number of amides is 4. The standard InChI is InChI=1S/C21H26N6O7S2/c1-11-18(36-26-25-11)21(33)23-12-4-5-27(16(28)9-34-10-17(29)30)15(7-12)20(32)24-14(19(22)31)8-13-3-2-6-35-13/h2-3,6,12,14-15H,4-5,7-10H2,1H3,(H2,22,31)(H,23,33)(H,24,32)(H,29,30)/p-1/t12-,14-,15-/m0/s1. The number of aliphatic carboxylic acids is 1. The second-order valence-corrected chi connectivity index (χ2v) is 9.88. The van der Waals surface area contributed by atoms with Gasteiger partial charge in [0.15, 0.2) is 0 Å². The number of primary amides is 1. The van der Waals surface area contributed by atoms with Crippen LogP contribution in [0.4, 0.5) is 0 Å². The molecule has 0 aromatic carbocycles. The first-order chi connectivity index (χ1) is 17.2. The molecule has 15 heteroatoms. The number of carboxylic acids is 1. The Balaban J connectivity index is 1.73. The Hall–Kier alpha value is -3.43. The maximum atomic E-state index is 13.3. The molecule has 3 heterocycles. The van der Waals surface area contributed by atoms with E-state index in [2.05, 4.69) is 20.2 Å². The summed E-state index contributed by atoms with van der Waals surface area (Å²) in [6.07, 6.45) is 0.576. The smallest absolute Gasteiger partial charge is 0.265 e. The largest absolute Gasteiger partial charge is 0.548 e. The number of nitrogens with two attached hydrogens (primary N) is 1. The lowest BCUT2D eigenvalue weighted by atomic mass is 9.95. The lowest BCUT2D eigenvalue weighted by Gasteiger charge is -2.39. The fraction of sp³-hybridized carbons (Fsp3) is 0.476. The van der Waals surface area contributed by atoms with E-state index in [-0.39, 0.29) is 19.4 Å². The molecule has 0 saturated carbocycles. The quantitative estimate of drug-likeness (QED) is 0.290. The van der Waals surface area contributed by atoms with Crippen molar-refractivity contribution in [3.05, 3.63) is 33.0 Å². The minimum Gasteiger partial charge on any atom is -0.548 e. The van der Waals surface area contributed by atoms with Crippen LogP contribution in [0.3, 0.4) is 0 Å². The van der Waals surface area contributed by atoms with Crippen LogP contribution in [0.25, 0.3) is 0 Å². The summed E-state index contributed by atoms with van der Waals surface area (Å²) in [6, 6.07) is 1.08. The third-order valence-corrected chi connectivity index (χ3v) is 7.23. The van der Waals surface area contributed by atoms with Gasteiger partial charge in [0.1, 0.15) is 23.6 Å². The number of nitrogens with one attached hydrogen (secondary N) is 2. The number of carbonyl (C=O) groups is 5. The molecule has 0 aliphatic carbocycles. The maximum absolute atomic E-state index is 13.3. The highest BCUT2D eigenvalue weighted by Gasteiger charge is 2.38. The first-order valence-corrected chi connectivity index (χ1v) is 12.6. The van der Waals surface area contributed by atoms with Gasteiger partial charge >= 0.3 is 0 Å². The van der Waals surface area contributed by atoms with Crippen molar-refractivity contribution in [2.75, 3.05) is 19.8 Å². The van der Waals surface area contributed by atoms with Gasteiger partial charge in [-0.3, -0.25) is 19.2 Å². The monoisotopic (exact) mass is 537 g/mol. The Morgan fingerprint density at radius 1 is 1.31 bits per heavy atom. The van der Waals surface area contributed by atoms with E-state index in [9.17, 15) is 29.1 Å². The Kier molecular flexibility index (Phi) is 9.44.